The fourth-order valence-corrected chi connectivity index (χ4v) is 3.22. The second-order valence-electron chi connectivity index (χ2n) is 5.34. The third kappa shape index (κ3) is 3.79. The molecule has 0 fully saturated rings. The van der Waals surface area contributed by atoms with Gasteiger partial charge in [0.1, 0.15) is 11.6 Å². The molecule has 0 aliphatic rings. The van der Waals surface area contributed by atoms with E-state index in [1.54, 1.807) is 23.9 Å². The SMILES string of the molecule is CCn1c(=O)c(-c2cc(N)c(F)cc2Br)cc2cnc(NC)cc21.Cl.Cl. The molecule has 1 aromatic carbocycles. The van der Waals surface area contributed by atoms with Crippen molar-refractivity contribution < 1.29 is 4.39 Å². The number of benzene rings is 1. The van der Waals surface area contributed by atoms with Crippen LogP contribution in [0.2, 0.25) is 0 Å². The van der Waals surface area contributed by atoms with E-state index in [1.165, 1.54) is 12.1 Å². The van der Waals surface area contributed by atoms with Crippen LogP contribution in [-0.2, 0) is 6.54 Å². The molecule has 26 heavy (non-hydrogen) atoms. The number of pyridine rings is 2. The Morgan fingerprint density at radius 3 is 2.54 bits per heavy atom. The van der Waals surface area contributed by atoms with E-state index in [0.29, 0.717) is 28.0 Å². The van der Waals surface area contributed by atoms with Gasteiger partial charge in [-0.2, -0.15) is 0 Å². The van der Waals surface area contributed by atoms with Gasteiger partial charge in [0.25, 0.3) is 5.56 Å². The molecule has 3 N–H and O–H groups in total. The molecule has 0 aliphatic heterocycles. The molecule has 2 heterocycles. The number of hydrogen-bond acceptors (Lipinski definition) is 4. The second kappa shape index (κ2) is 8.70. The Labute approximate surface area is 170 Å². The molecule has 0 saturated carbocycles. The topological polar surface area (TPSA) is 72.9 Å². The van der Waals surface area contributed by atoms with Crippen LogP contribution in [-0.4, -0.2) is 16.6 Å². The van der Waals surface area contributed by atoms with Gasteiger partial charge in [0.2, 0.25) is 0 Å². The van der Waals surface area contributed by atoms with E-state index in [1.807, 2.05) is 13.0 Å². The van der Waals surface area contributed by atoms with E-state index in [4.69, 9.17) is 5.73 Å². The molecule has 5 nitrogen and oxygen atoms in total. The van der Waals surface area contributed by atoms with Gasteiger partial charge >= 0.3 is 0 Å². The van der Waals surface area contributed by atoms with Crippen LogP contribution >= 0.6 is 40.7 Å². The summed E-state index contributed by atoms with van der Waals surface area (Å²) < 4.78 is 15.7. The van der Waals surface area contributed by atoms with Gasteiger partial charge in [0.05, 0.1) is 11.2 Å². The summed E-state index contributed by atoms with van der Waals surface area (Å²) in [6.07, 6.45) is 1.71. The number of nitrogens with one attached hydrogen (secondary N) is 1. The van der Waals surface area contributed by atoms with Crippen molar-refractivity contribution in [3.8, 4) is 11.1 Å². The van der Waals surface area contributed by atoms with Gasteiger partial charge in [-0.15, -0.1) is 24.8 Å². The van der Waals surface area contributed by atoms with Gasteiger partial charge in [0.15, 0.2) is 0 Å². The first-order valence-corrected chi connectivity index (χ1v) is 8.21. The van der Waals surface area contributed by atoms with Crippen LogP contribution in [0.15, 0.2) is 39.7 Å². The zero-order valence-corrected chi connectivity index (χ0v) is 17.3. The highest BCUT2D eigenvalue weighted by atomic mass is 79.9. The van der Waals surface area contributed by atoms with Crippen LogP contribution in [0.5, 0.6) is 0 Å². The zero-order valence-electron chi connectivity index (χ0n) is 14.0. The lowest BCUT2D eigenvalue weighted by Gasteiger charge is -2.13. The first-order chi connectivity index (χ1) is 11.5. The van der Waals surface area contributed by atoms with Crippen LogP contribution in [0.3, 0.4) is 0 Å². The lowest BCUT2D eigenvalue weighted by Crippen LogP contribution is -2.21. The molecule has 0 aliphatic carbocycles. The third-order valence-corrected chi connectivity index (χ3v) is 4.58. The minimum Gasteiger partial charge on any atom is -0.396 e. The fraction of sp³-hybridized carbons (Fsp3) is 0.176. The number of aryl methyl sites for hydroxylation is 1. The van der Waals surface area contributed by atoms with Gasteiger partial charge in [0, 0.05) is 46.8 Å². The number of nitrogens with zero attached hydrogens (tertiary/aromatic N) is 2. The predicted molar refractivity (Wildman–Crippen MR) is 113 cm³/mol. The van der Waals surface area contributed by atoms with E-state index >= 15 is 0 Å². The van der Waals surface area contributed by atoms with Gasteiger partial charge in [-0.25, -0.2) is 9.37 Å². The highest BCUT2D eigenvalue weighted by molar-refractivity contribution is 9.10. The Hall–Kier alpha value is -1.83. The van der Waals surface area contributed by atoms with Crippen molar-refractivity contribution in [2.75, 3.05) is 18.1 Å². The Morgan fingerprint density at radius 1 is 1.23 bits per heavy atom. The average Bonchev–Trinajstić information content (AvgIpc) is 2.57. The molecule has 2 aromatic heterocycles. The highest BCUT2D eigenvalue weighted by Gasteiger charge is 2.15. The Morgan fingerprint density at radius 2 is 1.92 bits per heavy atom. The fourth-order valence-electron chi connectivity index (χ4n) is 2.69. The van der Waals surface area contributed by atoms with Crippen molar-refractivity contribution in [1.82, 2.24) is 9.55 Å². The number of hydrogen-bond donors (Lipinski definition) is 2. The van der Waals surface area contributed by atoms with Gasteiger partial charge in [-0.3, -0.25) is 4.79 Å². The van der Waals surface area contributed by atoms with Crippen molar-refractivity contribution in [2.24, 2.45) is 0 Å². The van der Waals surface area contributed by atoms with Crippen LogP contribution in [0, 0.1) is 5.82 Å². The standard InChI is InChI=1S/C17H16BrFN4O.2ClH/c1-3-23-15-7-16(21-2)22-8-9(15)4-11(17(23)24)10-5-14(20)13(19)6-12(10)18;;/h4-8H,3,20H2,1-2H3,(H,21,22);2*1H. The maximum atomic E-state index is 13.6. The number of aromatic nitrogens is 2. The summed E-state index contributed by atoms with van der Waals surface area (Å²) in [5, 5.41) is 3.79. The van der Waals surface area contributed by atoms with E-state index in [2.05, 4.69) is 26.2 Å². The zero-order chi connectivity index (χ0) is 17.4. The van der Waals surface area contributed by atoms with Crippen molar-refractivity contribution in [3.63, 3.8) is 0 Å². The number of nitrogens with two attached hydrogens (primary N) is 1. The number of halogens is 4. The minimum absolute atomic E-state index is 0. The molecule has 0 spiro atoms. The van der Waals surface area contributed by atoms with E-state index in [9.17, 15) is 9.18 Å². The third-order valence-electron chi connectivity index (χ3n) is 3.93. The summed E-state index contributed by atoms with van der Waals surface area (Å²) in [6, 6.07) is 6.33. The summed E-state index contributed by atoms with van der Waals surface area (Å²) in [5.41, 5.74) is 7.30. The highest BCUT2D eigenvalue weighted by Crippen LogP contribution is 2.31. The summed E-state index contributed by atoms with van der Waals surface area (Å²) >= 11 is 3.32. The predicted octanol–water partition coefficient (Wildman–Crippen LogP) is 4.45. The molecule has 0 atom stereocenters. The van der Waals surface area contributed by atoms with Crippen LogP contribution < -0.4 is 16.6 Å². The monoisotopic (exact) mass is 462 g/mol. The molecule has 0 radical (unpaired) electrons. The molecule has 0 bridgehead atoms. The van der Waals surface area contributed by atoms with Crippen molar-refractivity contribution in [1.29, 1.82) is 0 Å². The second-order valence-corrected chi connectivity index (χ2v) is 6.19. The molecule has 3 aromatic rings. The normalized spacial score (nSPS) is 10.2. The molecule has 3 rings (SSSR count). The molecule has 9 heteroatoms. The molecule has 140 valence electrons. The Kier molecular flexibility index (Phi) is 7.44. The van der Waals surface area contributed by atoms with Crippen LogP contribution in [0.4, 0.5) is 15.9 Å². The van der Waals surface area contributed by atoms with E-state index in [0.717, 1.165) is 10.9 Å². The molecule has 0 unspecified atom stereocenters. The quantitative estimate of drug-likeness (QED) is 0.562. The Balaban J connectivity index is 0.00000169. The average molecular weight is 464 g/mol. The maximum absolute atomic E-state index is 13.6. The number of anilines is 2. The first kappa shape index (κ1) is 22.2. The van der Waals surface area contributed by atoms with Crippen molar-refractivity contribution in [2.45, 2.75) is 13.5 Å². The van der Waals surface area contributed by atoms with Crippen molar-refractivity contribution in [3.05, 3.63) is 51.1 Å². The van der Waals surface area contributed by atoms with E-state index < -0.39 is 5.82 Å². The Bertz CT molecular complexity index is 1010. The minimum atomic E-state index is -0.525. The molecule has 0 saturated heterocycles. The molecule has 0 amide bonds. The lowest BCUT2D eigenvalue weighted by molar-refractivity contribution is 0.632. The molecular formula is C17H18BrCl2FN4O. The summed E-state index contributed by atoms with van der Waals surface area (Å²) in [7, 11) is 1.77. The number of rotatable bonds is 3. The number of nitrogen functional groups attached to an aromatic ring is 1. The summed E-state index contributed by atoms with van der Waals surface area (Å²) in [6.45, 7) is 2.41. The van der Waals surface area contributed by atoms with Gasteiger partial charge < -0.3 is 15.6 Å². The summed E-state index contributed by atoms with van der Waals surface area (Å²) in [5.74, 6) is 0.159. The van der Waals surface area contributed by atoms with Gasteiger partial charge in [-0.05, 0) is 25.1 Å². The lowest BCUT2D eigenvalue weighted by atomic mass is 10.0. The van der Waals surface area contributed by atoms with Gasteiger partial charge in [-0.1, -0.05) is 15.9 Å². The smallest absolute Gasteiger partial charge is 0.258 e. The number of fused-ring (bicyclic) bond motifs is 1. The van der Waals surface area contributed by atoms with E-state index in [-0.39, 0.29) is 36.1 Å². The molecular weight excluding hydrogens is 446 g/mol. The van der Waals surface area contributed by atoms with Crippen molar-refractivity contribution >= 4 is 63.2 Å². The summed E-state index contributed by atoms with van der Waals surface area (Å²) in [4.78, 5) is 17.2. The first-order valence-electron chi connectivity index (χ1n) is 7.42. The van der Waals surface area contributed by atoms with Crippen LogP contribution in [0.25, 0.3) is 22.0 Å². The maximum Gasteiger partial charge on any atom is 0.258 e. The largest absolute Gasteiger partial charge is 0.396 e. The van der Waals surface area contributed by atoms with Crippen LogP contribution in [0.1, 0.15) is 6.92 Å².